The number of aliphatic hydroxyl groups excluding tert-OH is 1. The summed E-state index contributed by atoms with van der Waals surface area (Å²) in [4.78, 5) is 11.6. The maximum atomic E-state index is 10.2. The Morgan fingerprint density at radius 3 is 2.65 bits per heavy atom. The molecule has 2 bridgehead atoms. The molecule has 5 rings (SSSR count). The number of rotatable bonds is 0. The molecule has 1 N–H and O–H groups in total. The molecule has 0 aromatic carbocycles. The van der Waals surface area contributed by atoms with Crippen molar-refractivity contribution >= 4 is 0 Å². The molecule has 4 heterocycles. The first kappa shape index (κ1) is 13.5. The fourth-order valence-electron chi connectivity index (χ4n) is 4.89. The van der Waals surface area contributed by atoms with Crippen molar-refractivity contribution < 1.29 is 24.4 Å². The molecule has 1 spiro atoms. The van der Waals surface area contributed by atoms with Gasteiger partial charge in [0.1, 0.15) is 0 Å². The van der Waals surface area contributed by atoms with Crippen molar-refractivity contribution in [2.24, 2.45) is 23.7 Å². The average molecular weight is 284 g/mol. The van der Waals surface area contributed by atoms with E-state index in [-0.39, 0.29) is 11.8 Å². The van der Waals surface area contributed by atoms with Gasteiger partial charge < -0.3 is 14.6 Å². The third-order valence-corrected chi connectivity index (χ3v) is 6.12. The highest BCUT2D eigenvalue weighted by atomic mass is 17.3. The van der Waals surface area contributed by atoms with Crippen LogP contribution in [-0.4, -0.2) is 29.1 Å². The van der Waals surface area contributed by atoms with Crippen molar-refractivity contribution in [3.05, 3.63) is 0 Å². The molecule has 5 heteroatoms. The summed E-state index contributed by atoms with van der Waals surface area (Å²) in [5.74, 6) is 0.437. The van der Waals surface area contributed by atoms with Crippen LogP contribution in [0.2, 0.25) is 0 Å². The summed E-state index contributed by atoms with van der Waals surface area (Å²) < 4.78 is 11.9. The number of fused-ring (bicyclic) bond motifs is 2. The molecule has 5 nitrogen and oxygen atoms in total. The second-order valence-electron chi connectivity index (χ2n) is 7.30. The smallest absolute Gasteiger partial charge is 0.201 e. The molecular weight excluding hydrogens is 260 g/mol. The zero-order valence-corrected chi connectivity index (χ0v) is 12.4. The van der Waals surface area contributed by atoms with Crippen LogP contribution in [-0.2, 0) is 19.2 Å². The minimum atomic E-state index is -0.781. The Hall–Kier alpha value is -0.200. The quantitative estimate of drug-likeness (QED) is 0.691. The maximum Gasteiger partial charge on any atom is 0.201 e. The fraction of sp³-hybridized carbons (Fsp3) is 1.00. The van der Waals surface area contributed by atoms with Crippen LogP contribution in [0.5, 0.6) is 0 Å². The van der Waals surface area contributed by atoms with Crippen molar-refractivity contribution in [3.8, 4) is 0 Å². The molecule has 4 saturated heterocycles. The Kier molecular flexibility index (Phi) is 2.81. The molecule has 0 unspecified atom stereocenters. The Balaban J connectivity index is 1.82. The Morgan fingerprint density at radius 2 is 1.85 bits per heavy atom. The topological polar surface area (TPSA) is 57.2 Å². The Morgan fingerprint density at radius 1 is 1.05 bits per heavy atom. The van der Waals surface area contributed by atoms with E-state index in [9.17, 15) is 5.11 Å². The second kappa shape index (κ2) is 4.17. The molecule has 8 atom stereocenters. The van der Waals surface area contributed by atoms with Gasteiger partial charge in [-0.15, -0.1) is 0 Å². The van der Waals surface area contributed by atoms with Crippen LogP contribution in [0.15, 0.2) is 0 Å². The molecule has 0 aromatic heterocycles. The first-order valence-corrected chi connectivity index (χ1v) is 7.84. The highest BCUT2D eigenvalue weighted by Crippen LogP contribution is 2.60. The molecule has 0 radical (unpaired) electrons. The van der Waals surface area contributed by atoms with Gasteiger partial charge in [-0.25, -0.2) is 9.78 Å². The molecule has 1 saturated carbocycles. The molecule has 114 valence electrons. The van der Waals surface area contributed by atoms with Crippen LogP contribution in [0.4, 0.5) is 0 Å². The third kappa shape index (κ3) is 1.56. The van der Waals surface area contributed by atoms with Gasteiger partial charge in [0.25, 0.3) is 0 Å². The minimum absolute atomic E-state index is 0.0379. The number of aliphatic hydroxyl groups is 1. The van der Waals surface area contributed by atoms with Crippen molar-refractivity contribution in [3.63, 3.8) is 0 Å². The molecule has 1 aliphatic carbocycles. The first-order chi connectivity index (χ1) is 9.46. The monoisotopic (exact) mass is 284 g/mol. The van der Waals surface area contributed by atoms with Crippen molar-refractivity contribution in [2.45, 2.75) is 70.4 Å². The summed E-state index contributed by atoms with van der Waals surface area (Å²) >= 11 is 0. The van der Waals surface area contributed by atoms with Crippen LogP contribution < -0.4 is 0 Å². The van der Waals surface area contributed by atoms with Gasteiger partial charge in [0, 0.05) is 18.3 Å². The van der Waals surface area contributed by atoms with E-state index in [1.807, 2.05) is 13.8 Å². The Labute approximate surface area is 119 Å². The van der Waals surface area contributed by atoms with E-state index in [2.05, 4.69) is 6.92 Å². The van der Waals surface area contributed by atoms with E-state index in [0.717, 1.165) is 19.3 Å². The second-order valence-corrected chi connectivity index (χ2v) is 7.30. The molecule has 0 aromatic rings. The van der Waals surface area contributed by atoms with Crippen molar-refractivity contribution in [1.82, 2.24) is 0 Å². The Bertz CT molecular complexity index is 411. The lowest BCUT2D eigenvalue weighted by molar-refractivity contribution is -0.576. The van der Waals surface area contributed by atoms with E-state index in [1.165, 1.54) is 6.42 Å². The van der Waals surface area contributed by atoms with Crippen LogP contribution >= 0.6 is 0 Å². The first-order valence-electron chi connectivity index (χ1n) is 7.84. The van der Waals surface area contributed by atoms with Gasteiger partial charge >= 0.3 is 0 Å². The van der Waals surface area contributed by atoms with Crippen LogP contribution in [0.3, 0.4) is 0 Å². The molecule has 20 heavy (non-hydrogen) atoms. The largest absolute Gasteiger partial charge is 0.368 e. The van der Waals surface area contributed by atoms with E-state index >= 15 is 0 Å². The average Bonchev–Trinajstić information content (AvgIpc) is 2.63. The van der Waals surface area contributed by atoms with Gasteiger partial charge in [-0.05, 0) is 38.0 Å². The fourth-order valence-corrected chi connectivity index (χ4v) is 4.89. The van der Waals surface area contributed by atoms with Crippen molar-refractivity contribution in [1.29, 1.82) is 0 Å². The zero-order chi connectivity index (χ0) is 14.1. The highest BCUT2D eigenvalue weighted by molar-refractivity contribution is 5.08. The maximum absolute atomic E-state index is 10.2. The van der Waals surface area contributed by atoms with Gasteiger partial charge in [-0.1, -0.05) is 13.8 Å². The van der Waals surface area contributed by atoms with E-state index in [1.54, 1.807) is 0 Å². The number of ether oxygens (including phenoxy) is 2. The predicted octanol–water partition coefficient (Wildman–Crippen LogP) is 2.19. The summed E-state index contributed by atoms with van der Waals surface area (Å²) in [5.41, 5.74) is -0.549. The third-order valence-electron chi connectivity index (χ3n) is 6.12. The van der Waals surface area contributed by atoms with E-state index < -0.39 is 24.0 Å². The highest BCUT2D eigenvalue weighted by Gasteiger charge is 2.69. The normalized spacial score (nSPS) is 61.8. The van der Waals surface area contributed by atoms with E-state index in [4.69, 9.17) is 19.2 Å². The van der Waals surface area contributed by atoms with Gasteiger partial charge in [-0.3, -0.25) is 0 Å². The van der Waals surface area contributed by atoms with Gasteiger partial charge in [0.2, 0.25) is 5.79 Å². The molecule has 0 amide bonds. The molecular formula is C15H24O5. The summed E-state index contributed by atoms with van der Waals surface area (Å²) in [5, 5.41) is 10.2. The summed E-state index contributed by atoms with van der Waals surface area (Å²) in [6.07, 6.45) is 2.72. The van der Waals surface area contributed by atoms with E-state index in [0.29, 0.717) is 11.8 Å². The summed E-state index contributed by atoms with van der Waals surface area (Å²) in [6.45, 7) is 6.22. The lowest BCUT2D eigenvalue weighted by Crippen LogP contribution is -2.70. The van der Waals surface area contributed by atoms with Gasteiger partial charge in [0.15, 0.2) is 18.2 Å². The molecule has 5 fully saturated rings. The lowest BCUT2D eigenvalue weighted by Gasteiger charge is -2.59. The molecule has 4 aliphatic heterocycles. The van der Waals surface area contributed by atoms with Crippen molar-refractivity contribution in [2.75, 3.05) is 0 Å². The summed E-state index contributed by atoms with van der Waals surface area (Å²) in [7, 11) is 0. The standard InChI is InChI=1S/C15H24O5/c1-8-4-5-11-9(2)12(16)17-13-15(11)10(8)6-7-14(3,18-13)19-20-15/h8-13,16H,4-7H2,1-3H3/t8-,9-,10+,11-,12+,13-,14+,15-/m1/s1. The lowest BCUT2D eigenvalue weighted by atomic mass is 9.58. The molecule has 5 aliphatic rings. The van der Waals surface area contributed by atoms with Gasteiger partial charge in [-0.2, -0.15) is 0 Å². The summed E-state index contributed by atoms with van der Waals surface area (Å²) in [6, 6.07) is 0. The van der Waals surface area contributed by atoms with Gasteiger partial charge in [0.05, 0.1) is 0 Å². The minimum Gasteiger partial charge on any atom is -0.368 e. The SMILES string of the molecule is C[C@@H]1[C@H]2CC[C@@H](C)[C@@H]3CC[C@]4(C)OO[C@@]23[C@H](O[C@@H]1O)O4. The predicted molar refractivity (Wildman–Crippen MR) is 69.0 cm³/mol. The van der Waals surface area contributed by atoms with Crippen LogP contribution in [0, 0.1) is 23.7 Å². The van der Waals surface area contributed by atoms with Crippen LogP contribution in [0.25, 0.3) is 0 Å². The number of hydrogen-bond acceptors (Lipinski definition) is 5. The number of hydrogen-bond donors (Lipinski definition) is 1. The zero-order valence-electron chi connectivity index (χ0n) is 12.4. The van der Waals surface area contributed by atoms with Crippen LogP contribution in [0.1, 0.15) is 46.5 Å².